The quantitative estimate of drug-likeness (QED) is 0.674. The van der Waals surface area contributed by atoms with Gasteiger partial charge in [-0.25, -0.2) is 0 Å². The molecule has 2 rings (SSSR count). The fourth-order valence-corrected chi connectivity index (χ4v) is 3.60. The Morgan fingerprint density at radius 3 is 2.32 bits per heavy atom. The molecule has 0 radical (unpaired) electrons. The second kappa shape index (κ2) is 7.90. The van der Waals surface area contributed by atoms with Crippen LogP contribution in [0, 0.1) is 29.1 Å². The molecule has 19 heavy (non-hydrogen) atoms. The van der Waals surface area contributed by atoms with E-state index >= 15 is 0 Å². The fourth-order valence-electron chi connectivity index (χ4n) is 3.60. The molecule has 0 heterocycles. The van der Waals surface area contributed by atoms with Gasteiger partial charge in [0.25, 0.3) is 0 Å². The molecule has 0 saturated heterocycles. The SMILES string of the molecule is C[C@H]1CC[C@H](CCCOC2CCC(C#N)CC2)CC1. The van der Waals surface area contributed by atoms with Crippen molar-refractivity contribution in [3.63, 3.8) is 0 Å². The normalized spacial score (nSPS) is 35.8. The number of nitriles is 1. The lowest BCUT2D eigenvalue weighted by atomic mass is 9.81. The van der Waals surface area contributed by atoms with Crippen molar-refractivity contribution < 1.29 is 4.74 Å². The zero-order valence-corrected chi connectivity index (χ0v) is 12.4. The van der Waals surface area contributed by atoms with Gasteiger partial charge in [-0.3, -0.25) is 0 Å². The van der Waals surface area contributed by atoms with Gasteiger partial charge in [0, 0.05) is 12.5 Å². The first-order valence-corrected chi connectivity index (χ1v) is 8.29. The van der Waals surface area contributed by atoms with E-state index in [2.05, 4.69) is 13.0 Å². The van der Waals surface area contributed by atoms with Crippen LogP contribution in [0.1, 0.15) is 71.1 Å². The van der Waals surface area contributed by atoms with Crippen molar-refractivity contribution in [2.75, 3.05) is 6.61 Å². The van der Waals surface area contributed by atoms with E-state index in [0.717, 1.165) is 44.1 Å². The third kappa shape index (κ3) is 5.15. The van der Waals surface area contributed by atoms with Gasteiger partial charge in [0.15, 0.2) is 0 Å². The topological polar surface area (TPSA) is 33.0 Å². The third-order valence-electron chi connectivity index (χ3n) is 5.10. The van der Waals surface area contributed by atoms with Gasteiger partial charge < -0.3 is 4.74 Å². The number of rotatable bonds is 5. The minimum Gasteiger partial charge on any atom is -0.378 e. The molecule has 2 fully saturated rings. The lowest BCUT2D eigenvalue weighted by Gasteiger charge is -2.27. The molecule has 2 aliphatic carbocycles. The predicted molar refractivity (Wildman–Crippen MR) is 77.7 cm³/mol. The molecule has 0 aromatic heterocycles. The Bertz CT molecular complexity index is 280. The molecule has 0 aliphatic heterocycles. The third-order valence-corrected chi connectivity index (χ3v) is 5.10. The van der Waals surface area contributed by atoms with E-state index < -0.39 is 0 Å². The Morgan fingerprint density at radius 1 is 1.00 bits per heavy atom. The van der Waals surface area contributed by atoms with Crippen molar-refractivity contribution in [1.82, 2.24) is 0 Å². The average molecular weight is 263 g/mol. The first kappa shape index (κ1) is 14.9. The summed E-state index contributed by atoms with van der Waals surface area (Å²) in [5, 5.41) is 8.86. The molecular formula is C17H29NO. The van der Waals surface area contributed by atoms with Crippen LogP contribution in [0.15, 0.2) is 0 Å². The van der Waals surface area contributed by atoms with E-state index in [-0.39, 0.29) is 0 Å². The molecule has 0 spiro atoms. The van der Waals surface area contributed by atoms with Crippen molar-refractivity contribution in [3.05, 3.63) is 0 Å². The monoisotopic (exact) mass is 263 g/mol. The Kier molecular flexibility index (Phi) is 6.17. The summed E-state index contributed by atoms with van der Waals surface area (Å²) in [6.07, 6.45) is 13.1. The molecule has 108 valence electrons. The Morgan fingerprint density at radius 2 is 1.68 bits per heavy atom. The fraction of sp³-hybridized carbons (Fsp3) is 0.941. The molecule has 0 bridgehead atoms. The summed E-state index contributed by atoms with van der Waals surface area (Å²) in [5.41, 5.74) is 0. The van der Waals surface area contributed by atoms with E-state index in [0.29, 0.717) is 12.0 Å². The number of nitrogens with zero attached hydrogens (tertiary/aromatic N) is 1. The standard InChI is InChI=1S/C17H29NO/c1-14-4-6-15(7-5-14)3-2-12-19-17-10-8-16(13-18)9-11-17/h14-17H,2-12H2,1H3/t14-,15-,16?,17?. The number of hydrogen-bond acceptors (Lipinski definition) is 2. The molecule has 0 aromatic carbocycles. The molecule has 0 N–H and O–H groups in total. The summed E-state index contributed by atoms with van der Waals surface area (Å²) in [6, 6.07) is 2.38. The van der Waals surface area contributed by atoms with Crippen LogP contribution >= 0.6 is 0 Å². The van der Waals surface area contributed by atoms with E-state index in [4.69, 9.17) is 10.00 Å². The number of ether oxygens (including phenoxy) is 1. The Balaban J connectivity index is 1.49. The second-order valence-electron chi connectivity index (χ2n) is 6.74. The average Bonchev–Trinajstić information content (AvgIpc) is 2.46. The van der Waals surface area contributed by atoms with E-state index in [1.54, 1.807) is 0 Å². The molecule has 2 saturated carbocycles. The number of hydrogen-bond donors (Lipinski definition) is 0. The van der Waals surface area contributed by atoms with Gasteiger partial charge in [0.05, 0.1) is 12.2 Å². The molecule has 0 aromatic rings. The highest BCUT2D eigenvalue weighted by Gasteiger charge is 2.21. The second-order valence-corrected chi connectivity index (χ2v) is 6.74. The molecule has 0 amide bonds. The van der Waals surface area contributed by atoms with Crippen LogP contribution < -0.4 is 0 Å². The maximum atomic E-state index is 8.86. The maximum Gasteiger partial charge on any atom is 0.0655 e. The highest BCUT2D eigenvalue weighted by molar-refractivity contribution is 4.87. The Hall–Kier alpha value is -0.550. The summed E-state index contributed by atoms with van der Waals surface area (Å²) in [7, 11) is 0. The first-order valence-electron chi connectivity index (χ1n) is 8.29. The lowest BCUT2D eigenvalue weighted by Crippen LogP contribution is -2.21. The summed E-state index contributed by atoms with van der Waals surface area (Å²) in [4.78, 5) is 0. The molecular weight excluding hydrogens is 234 g/mol. The summed E-state index contributed by atoms with van der Waals surface area (Å²) in [5.74, 6) is 2.22. The van der Waals surface area contributed by atoms with Gasteiger partial charge in [-0.2, -0.15) is 5.26 Å². The Labute approximate surface area is 118 Å². The largest absolute Gasteiger partial charge is 0.378 e. The zero-order chi connectivity index (χ0) is 13.5. The lowest BCUT2D eigenvalue weighted by molar-refractivity contribution is 0.0188. The summed E-state index contributed by atoms with van der Waals surface area (Å²) in [6.45, 7) is 3.32. The van der Waals surface area contributed by atoms with Gasteiger partial charge in [0.1, 0.15) is 0 Å². The van der Waals surface area contributed by atoms with Gasteiger partial charge in [-0.05, 0) is 50.4 Å². The van der Waals surface area contributed by atoms with Crippen molar-refractivity contribution in [2.45, 2.75) is 77.2 Å². The molecule has 2 nitrogen and oxygen atoms in total. The van der Waals surface area contributed by atoms with Crippen LogP contribution in [0.3, 0.4) is 0 Å². The molecule has 2 aliphatic rings. The van der Waals surface area contributed by atoms with Crippen molar-refractivity contribution in [3.8, 4) is 6.07 Å². The van der Waals surface area contributed by atoms with Crippen LogP contribution in [0.2, 0.25) is 0 Å². The molecule has 0 unspecified atom stereocenters. The zero-order valence-electron chi connectivity index (χ0n) is 12.4. The van der Waals surface area contributed by atoms with Gasteiger partial charge in [-0.1, -0.05) is 32.6 Å². The van der Waals surface area contributed by atoms with Crippen molar-refractivity contribution in [1.29, 1.82) is 5.26 Å². The smallest absolute Gasteiger partial charge is 0.0655 e. The molecule has 2 heteroatoms. The van der Waals surface area contributed by atoms with Crippen LogP contribution in [-0.2, 0) is 4.74 Å². The van der Waals surface area contributed by atoms with Crippen LogP contribution in [0.5, 0.6) is 0 Å². The van der Waals surface area contributed by atoms with Crippen LogP contribution in [0.25, 0.3) is 0 Å². The minimum absolute atomic E-state index is 0.295. The highest BCUT2D eigenvalue weighted by atomic mass is 16.5. The first-order chi connectivity index (χ1) is 9.28. The van der Waals surface area contributed by atoms with Crippen molar-refractivity contribution in [2.24, 2.45) is 17.8 Å². The van der Waals surface area contributed by atoms with Gasteiger partial charge in [0.2, 0.25) is 0 Å². The van der Waals surface area contributed by atoms with E-state index in [9.17, 15) is 0 Å². The van der Waals surface area contributed by atoms with Gasteiger partial charge >= 0.3 is 0 Å². The van der Waals surface area contributed by atoms with E-state index in [1.807, 2.05) is 0 Å². The van der Waals surface area contributed by atoms with Crippen LogP contribution in [0.4, 0.5) is 0 Å². The predicted octanol–water partition coefficient (Wildman–Crippen LogP) is 4.69. The summed E-state index contributed by atoms with van der Waals surface area (Å²) < 4.78 is 5.98. The van der Waals surface area contributed by atoms with Gasteiger partial charge in [-0.15, -0.1) is 0 Å². The van der Waals surface area contributed by atoms with Crippen molar-refractivity contribution >= 4 is 0 Å². The molecule has 0 atom stereocenters. The highest BCUT2D eigenvalue weighted by Crippen LogP contribution is 2.31. The maximum absolute atomic E-state index is 8.86. The van der Waals surface area contributed by atoms with Crippen LogP contribution in [-0.4, -0.2) is 12.7 Å². The minimum atomic E-state index is 0.295. The summed E-state index contributed by atoms with van der Waals surface area (Å²) >= 11 is 0. The van der Waals surface area contributed by atoms with E-state index in [1.165, 1.54) is 38.5 Å².